The summed E-state index contributed by atoms with van der Waals surface area (Å²) < 4.78 is 6.86. The van der Waals surface area contributed by atoms with Crippen molar-refractivity contribution in [2.24, 2.45) is 0 Å². The number of benzene rings is 2. The number of ether oxygens (including phenoxy) is 1. The van der Waals surface area contributed by atoms with E-state index in [0.717, 1.165) is 17.1 Å². The quantitative estimate of drug-likeness (QED) is 0.621. The lowest BCUT2D eigenvalue weighted by atomic mass is 10.2. The molecule has 0 radical (unpaired) electrons. The Labute approximate surface area is 127 Å². The van der Waals surface area contributed by atoms with Crippen LogP contribution in [0.15, 0.2) is 42.5 Å². The van der Waals surface area contributed by atoms with E-state index in [1.54, 1.807) is 0 Å². The molecule has 0 fully saturated rings. The molecule has 0 saturated carbocycles. The molecule has 3 N–H and O–H groups in total. The molecule has 100 valence electrons. The zero-order chi connectivity index (χ0) is 13.8. The minimum atomic E-state index is 0.132. The molecule has 0 unspecified atom stereocenters. The summed E-state index contributed by atoms with van der Waals surface area (Å²) in [6.07, 6.45) is 0.132. The maximum atomic E-state index is 5.90. The van der Waals surface area contributed by atoms with Crippen LogP contribution >= 0.6 is 22.6 Å². The zero-order valence-electron chi connectivity index (χ0n) is 11.0. The summed E-state index contributed by atoms with van der Waals surface area (Å²) >= 11 is 2.29. The van der Waals surface area contributed by atoms with Crippen molar-refractivity contribution >= 4 is 39.7 Å². The largest absolute Gasteiger partial charge is 0.491 e. The molecule has 2 aromatic carbocycles. The van der Waals surface area contributed by atoms with E-state index in [9.17, 15) is 0 Å². The van der Waals surface area contributed by atoms with Gasteiger partial charge in [-0.15, -0.1) is 0 Å². The summed E-state index contributed by atoms with van der Waals surface area (Å²) in [7, 11) is 0. The second kappa shape index (κ2) is 6.14. The Morgan fingerprint density at radius 2 is 1.89 bits per heavy atom. The van der Waals surface area contributed by atoms with Crippen LogP contribution in [0.3, 0.4) is 0 Å². The first kappa shape index (κ1) is 14.0. The third-order valence-electron chi connectivity index (χ3n) is 2.41. The molecule has 0 saturated heterocycles. The molecule has 4 heteroatoms. The van der Waals surface area contributed by atoms with Crippen molar-refractivity contribution in [1.82, 2.24) is 0 Å². The number of anilines is 3. The Kier molecular flexibility index (Phi) is 4.52. The maximum absolute atomic E-state index is 5.90. The Balaban J connectivity index is 2.22. The lowest BCUT2D eigenvalue weighted by Crippen LogP contribution is -2.06. The molecule has 0 spiro atoms. The van der Waals surface area contributed by atoms with Gasteiger partial charge < -0.3 is 15.8 Å². The lowest BCUT2D eigenvalue weighted by molar-refractivity contribution is 0.242. The van der Waals surface area contributed by atoms with Gasteiger partial charge in [0.15, 0.2) is 0 Å². The van der Waals surface area contributed by atoms with Gasteiger partial charge >= 0.3 is 0 Å². The molecule has 0 bridgehead atoms. The summed E-state index contributed by atoms with van der Waals surface area (Å²) in [6, 6.07) is 13.9. The number of hydrogen-bond donors (Lipinski definition) is 2. The fourth-order valence-electron chi connectivity index (χ4n) is 1.77. The van der Waals surface area contributed by atoms with Crippen molar-refractivity contribution in [3.05, 3.63) is 46.0 Å². The number of nitrogen functional groups attached to an aromatic ring is 1. The van der Waals surface area contributed by atoms with E-state index < -0.39 is 0 Å². The van der Waals surface area contributed by atoms with Gasteiger partial charge in [0.05, 0.1) is 6.10 Å². The highest BCUT2D eigenvalue weighted by Crippen LogP contribution is 2.26. The molecule has 3 nitrogen and oxygen atoms in total. The van der Waals surface area contributed by atoms with Crippen LogP contribution in [-0.2, 0) is 0 Å². The first-order chi connectivity index (χ1) is 9.02. The fourth-order valence-corrected chi connectivity index (χ4v) is 2.31. The van der Waals surface area contributed by atoms with Crippen LogP contribution in [-0.4, -0.2) is 6.10 Å². The summed E-state index contributed by atoms with van der Waals surface area (Å²) in [5.74, 6) is 0.781. The van der Waals surface area contributed by atoms with E-state index in [1.165, 1.54) is 3.57 Å². The molecule has 0 aliphatic rings. The number of nitrogens with one attached hydrogen (secondary N) is 1. The van der Waals surface area contributed by atoms with Crippen LogP contribution in [0.1, 0.15) is 13.8 Å². The van der Waals surface area contributed by atoms with Gasteiger partial charge in [-0.1, -0.05) is 6.07 Å². The van der Waals surface area contributed by atoms with E-state index in [1.807, 2.05) is 44.2 Å². The van der Waals surface area contributed by atoms with Gasteiger partial charge in [0.1, 0.15) is 5.75 Å². The number of halogens is 1. The predicted octanol–water partition coefficient (Wildman–Crippen LogP) is 4.40. The van der Waals surface area contributed by atoms with Gasteiger partial charge in [0.25, 0.3) is 0 Å². The third kappa shape index (κ3) is 4.31. The van der Waals surface area contributed by atoms with Gasteiger partial charge in [-0.25, -0.2) is 0 Å². The molecule has 0 heterocycles. The summed E-state index contributed by atoms with van der Waals surface area (Å²) in [5.41, 5.74) is 8.55. The first-order valence-corrected chi connectivity index (χ1v) is 7.20. The molecule has 0 atom stereocenters. The third-order valence-corrected chi connectivity index (χ3v) is 3.08. The molecular formula is C15H17IN2O. The molecule has 2 rings (SSSR count). The smallest absolute Gasteiger partial charge is 0.123 e. The Hall–Kier alpha value is -1.43. The van der Waals surface area contributed by atoms with Gasteiger partial charge in [-0.2, -0.15) is 0 Å². The van der Waals surface area contributed by atoms with Crippen LogP contribution in [0.2, 0.25) is 0 Å². The van der Waals surface area contributed by atoms with Crippen LogP contribution in [0, 0.1) is 3.57 Å². The van der Waals surface area contributed by atoms with Crippen molar-refractivity contribution in [3.63, 3.8) is 0 Å². The molecule has 19 heavy (non-hydrogen) atoms. The normalized spacial score (nSPS) is 10.5. The highest BCUT2D eigenvalue weighted by molar-refractivity contribution is 14.1. The summed E-state index contributed by atoms with van der Waals surface area (Å²) in [5, 5.41) is 3.33. The van der Waals surface area contributed by atoms with E-state index in [-0.39, 0.29) is 6.10 Å². The van der Waals surface area contributed by atoms with Crippen molar-refractivity contribution in [2.45, 2.75) is 20.0 Å². The zero-order valence-corrected chi connectivity index (χ0v) is 13.1. The van der Waals surface area contributed by atoms with Crippen molar-refractivity contribution in [3.8, 4) is 5.75 Å². The van der Waals surface area contributed by atoms with Gasteiger partial charge in [-0.05, 0) is 60.7 Å². The highest BCUT2D eigenvalue weighted by Gasteiger charge is 2.03. The Bertz CT molecular complexity index is 570. The second-order valence-corrected chi connectivity index (χ2v) is 5.84. The lowest BCUT2D eigenvalue weighted by Gasteiger charge is -2.13. The molecule has 2 aromatic rings. The minimum absolute atomic E-state index is 0.132. The molecular weight excluding hydrogens is 351 g/mol. The van der Waals surface area contributed by atoms with E-state index in [2.05, 4.69) is 40.0 Å². The topological polar surface area (TPSA) is 47.3 Å². The maximum Gasteiger partial charge on any atom is 0.123 e. The average molecular weight is 368 g/mol. The number of rotatable bonds is 4. The van der Waals surface area contributed by atoms with E-state index in [0.29, 0.717) is 5.69 Å². The highest BCUT2D eigenvalue weighted by atomic mass is 127. The number of nitrogens with two attached hydrogens (primary N) is 1. The summed E-state index contributed by atoms with van der Waals surface area (Å²) in [4.78, 5) is 0. The monoisotopic (exact) mass is 368 g/mol. The Morgan fingerprint density at radius 1 is 1.11 bits per heavy atom. The first-order valence-electron chi connectivity index (χ1n) is 6.13. The van der Waals surface area contributed by atoms with Gasteiger partial charge in [0, 0.05) is 32.8 Å². The Morgan fingerprint density at radius 3 is 2.58 bits per heavy atom. The fraction of sp³-hybridized carbons (Fsp3) is 0.200. The molecule has 0 aromatic heterocycles. The second-order valence-electron chi connectivity index (χ2n) is 4.59. The minimum Gasteiger partial charge on any atom is -0.491 e. The van der Waals surface area contributed by atoms with Crippen molar-refractivity contribution in [2.75, 3.05) is 11.1 Å². The van der Waals surface area contributed by atoms with E-state index in [4.69, 9.17) is 10.5 Å². The van der Waals surface area contributed by atoms with Crippen LogP contribution in [0.5, 0.6) is 5.75 Å². The molecule has 0 aliphatic heterocycles. The van der Waals surface area contributed by atoms with E-state index >= 15 is 0 Å². The van der Waals surface area contributed by atoms with Gasteiger partial charge in [-0.3, -0.25) is 0 Å². The van der Waals surface area contributed by atoms with Crippen LogP contribution < -0.4 is 15.8 Å². The standard InChI is InChI=1S/C15H17IN2O/c1-10(2)19-15-8-12(17)7-14(9-15)18-13-5-3-4-11(16)6-13/h3-10,18H,17H2,1-2H3. The molecule has 0 aliphatic carbocycles. The van der Waals surface area contributed by atoms with Gasteiger partial charge in [0.2, 0.25) is 0 Å². The van der Waals surface area contributed by atoms with Crippen molar-refractivity contribution < 1.29 is 4.74 Å². The van der Waals surface area contributed by atoms with Crippen LogP contribution in [0.4, 0.5) is 17.1 Å². The average Bonchev–Trinajstić information content (AvgIpc) is 2.26. The van der Waals surface area contributed by atoms with Crippen LogP contribution in [0.25, 0.3) is 0 Å². The predicted molar refractivity (Wildman–Crippen MR) is 89.1 cm³/mol. The SMILES string of the molecule is CC(C)Oc1cc(N)cc(Nc2cccc(I)c2)c1. The number of hydrogen-bond acceptors (Lipinski definition) is 3. The summed E-state index contributed by atoms with van der Waals surface area (Å²) in [6.45, 7) is 3.99. The molecule has 0 amide bonds. The van der Waals surface area contributed by atoms with Crippen molar-refractivity contribution in [1.29, 1.82) is 0 Å².